The molecular formula is C24H18ClN3O4S. The van der Waals surface area contributed by atoms with Crippen molar-refractivity contribution in [3.05, 3.63) is 101 Å². The minimum Gasteiger partial charge on any atom is -0.326 e. The average Bonchev–Trinajstić information content (AvgIpc) is 3.12. The van der Waals surface area contributed by atoms with Gasteiger partial charge in [-0.3, -0.25) is 9.59 Å². The van der Waals surface area contributed by atoms with Crippen LogP contribution >= 0.6 is 11.6 Å². The summed E-state index contributed by atoms with van der Waals surface area (Å²) in [7, 11) is -4.28. The molecule has 9 heteroatoms. The highest BCUT2D eigenvalue weighted by Crippen LogP contribution is 2.29. The monoisotopic (exact) mass is 479 g/mol. The lowest BCUT2D eigenvalue weighted by molar-refractivity contribution is -0.119. The Labute approximate surface area is 196 Å². The second kappa shape index (κ2) is 9.01. The maximum atomic E-state index is 13.5. The van der Waals surface area contributed by atoms with E-state index in [9.17, 15) is 18.0 Å². The molecule has 2 amide bonds. The Kier molecular flexibility index (Phi) is 6.13. The van der Waals surface area contributed by atoms with E-state index >= 15 is 0 Å². The van der Waals surface area contributed by atoms with Crippen LogP contribution < -0.4 is 5.32 Å². The summed E-state index contributed by atoms with van der Waals surface area (Å²) < 4.78 is 27.7. The maximum Gasteiger partial charge on any atom is 0.292 e. The van der Waals surface area contributed by atoms with Crippen molar-refractivity contribution in [2.24, 2.45) is 4.99 Å². The Morgan fingerprint density at radius 3 is 2.21 bits per heavy atom. The van der Waals surface area contributed by atoms with Crippen LogP contribution in [-0.4, -0.2) is 30.4 Å². The lowest BCUT2D eigenvalue weighted by Gasteiger charge is -2.18. The maximum absolute atomic E-state index is 13.5. The lowest BCUT2D eigenvalue weighted by atomic mass is 10.2. The summed E-state index contributed by atoms with van der Waals surface area (Å²) in [6.45, 7) is 1.35. The van der Waals surface area contributed by atoms with Crippen LogP contribution in [0.3, 0.4) is 0 Å². The van der Waals surface area contributed by atoms with Gasteiger partial charge in [0.25, 0.3) is 15.9 Å². The Morgan fingerprint density at radius 2 is 1.61 bits per heavy atom. The fourth-order valence-corrected chi connectivity index (χ4v) is 4.73. The highest BCUT2D eigenvalue weighted by atomic mass is 35.5. The molecule has 7 nitrogen and oxygen atoms in total. The average molecular weight is 480 g/mol. The number of carbonyl (C=O) groups excluding carboxylic acids is 2. The number of amides is 2. The van der Waals surface area contributed by atoms with Crippen LogP contribution in [0.4, 0.5) is 5.69 Å². The molecule has 0 saturated heterocycles. The highest BCUT2D eigenvalue weighted by molar-refractivity contribution is 7.90. The van der Waals surface area contributed by atoms with E-state index in [1.807, 2.05) is 0 Å². The molecule has 0 fully saturated rings. The van der Waals surface area contributed by atoms with Gasteiger partial charge in [-0.1, -0.05) is 54.1 Å². The first-order chi connectivity index (χ1) is 15.8. The van der Waals surface area contributed by atoms with Crippen molar-refractivity contribution in [3.8, 4) is 0 Å². The number of anilines is 1. The topological polar surface area (TPSA) is 95.9 Å². The van der Waals surface area contributed by atoms with E-state index in [4.69, 9.17) is 11.6 Å². The summed E-state index contributed by atoms with van der Waals surface area (Å²) >= 11 is 5.92. The molecule has 0 saturated carbocycles. The summed E-state index contributed by atoms with van der Waals surface area (Å²) in [4.78, 5) is 28.8. The number of rotatable bonds is 5. The number of nitrogens with zero attached hydrogens (tertiary/aromatic N) is 2. The Hall–Kier alpha value is -3.75. The largest absolute Gasteiger partial charge is 0.326 e. The number of benzene rings is 3. The SMILES string of the molecule is CC(=O)Nc1ccc(S(=O)(=O)N2C(=O)C(=Cc3ccc(Cl)cc3)N=C2c2ccccc2)cc1. The normalized spacial score (nSPS) is 15.0. The first-order valence-corrected chi connectivity index (χ1v) is 11.7. The molecule has 33 heavy (non-hydrogen) atoms. The van der Waals surface area contributed by atoms with Gasteiger partial charge in [0.1, 0.15) is 5.70 Å². The van der Waals surface area contributed by atoms with E-state index in [1.54, 1.807) is 54.6 Å². The molecule has 0 bridgehead atoms. The van der Waals surface area contributed by atoms with Crippen LogP contribution in [0.5, 0.6) is 0 Å². The van der Waals surface area contributed by atoms with Gasteiger partial charge in [0, 0.05) is 23.2 Å². The third kappa shape index (κ3) is 4.72. The number of nitrogens with one attached hydrogen (secondary N) is 1. The first kappa shape index (κ1) is 22.4. The number of sulfonamides is 1. The van der Waals surface area contributed by atoms with Crippen molar-refractivity contribution < 1.29 is 18.0 Å². The Balaban J connectivity index is 1.78. The summed E-state index contributed by atoms with van der Waals surface area (Å²) in [6, 6.07) is 20.9. The molecule has 1 heterocycles. The summed E-state index contributed by atoms with van der Waals surface area (Å²) in [5, 5.41) is 3.12. The van der Waals surface area contributed by atoms with Crippen molar-refractivity contribution in [3.63, 3.8) is 0 Å². The molecule has 0 atom stereocenters. The first-order valence-electron chi connectivity index (χ1n) is 9.84. The number of aliphatic imine (C=N–C) groups is 1. The molecule has 0 aliphatic carbocycles. The van der Waals surface area contributed by atoms with Crippen LogP contribution in [0.2, 0.25) is 5.02 Å². The van der Waals surface area contributed by atoms with Gasteiger partial charge in [-0.25, -0.2) is 13.4 Å². The molecule has 0 radical (unpaired) electrons. The second-order valence-electron chi connectivity index (χ2n) is 7.16. The van der Waals surface area contributed by atoms with Crippen molar-refractivity contribution in [1.29, 1.82) is 0 Å². The minimum absolute atomic E-state index is 0.00625. The molecular weight excluding hydrogens is 462 g/mol. The van der Waals surface area contributed by atoms with E-state index in [2.05, 4.69) is 10.3 Å². The van der Waals surface area contributed by atoms with E-state index in [1.165, 1.54) is 37.3 Å². The van der Waals surface area contributed by atoms with Gasteiger partial charge in [-0.05, 0) is 48.0 Å². The van der Waals surface area contributed by atoms with Crippen molar-refractivity contribution >= 4 is 51.0 Å². The van der Waals surface area contributed by atoms with Gasteiger partial charge in [0.05, 0.1) is 4.90 Å². The molecule has 4 rings (SSSR count). The zero-order valence-corrected chi connectivity index (χ0v) is 19.0. The zero-order chi connectivity index (χ0) is 23.6. The van der Waals surface area contributed by atoms with Gasteiger partial charge < -0.3 is 5.32 Å². The van der Waals surface area contributed by atoms with Crippen LogP contribution in [0.1, 0.15) is 18.1 Å². The van der Waals surface area contributed by atoms with Crippen LogP contribution in [0, 0.1) is 0 Å². The fraction of sp³-hybridized carbons (Fsp3) is 0.0417. The molecule has 0 aromatic heterocycles. The second-order valence-corrected chi connectivity index (χ2v) is 9.39. The van der Waals surface area contributed by atoms with Crippen LogP contribution in [0.25, 0.3) is 6.08 Å². The van der Waals surface area contributed by atoms with E-state index in [0.29, 0.717) is 26.1 Å². The van der Waals surface area contributed by atoms with E-state index in [-0.39, 0.29) is 22.3 Å². The number of carbonyl (C=O) groups is 2. The molecule has 1 aliphatic heterocycles. The standard InChI is InChI=1S/C24H18ClN3O4S/c1-16(29)26-20-11-13-21(14-12-20)33(31,32)28-23(18-5-3-2-4-6-18)27-22(24(28)30)15-17-7-9-19(25)10-8-17/h2-15H,1H3,(H,26,29). The molecule has 1 N–H and O–H groups in total. The van der Waals surface area contributed by atoms with E-state index < -0.39 is 15.9 Å². The van der Waals surface area contributed by atoms with Gasteiger partial charge in [-0.15, -0.1) is 0 Å². The van der Waals surface area contributed by atoms with Crippen molar-refractivity contribution in [2.45, 2.75) is 11.8 Å². The summed E-state index contributed by atoms with van der Waals surface area (Å²) in [5.41, 5.74) is 1.55. The number of amidine groups is 1. The number of hydrogen-bond acceptors (Lipinski definition) is 5. The van der Waals surface area contributed by atoms with Crippen molar-refractivity contribution in [2.75, 3.05) is 5.32 Å². The minimum atomic E-state index is -4.28. The zero-order valence-electron chi connectivity index (χ0n) is 17.4. The highest BCUT2D eigenvalue weighted by Gasteiger charge is 2.40. The predicted octanol–water partition coefficient (Wildman–Crippen LogP) is 4.32. The van der Waals surface area contributed by atoms with Crippen LogP contribution in [0.15, 0.2) is 94.4 Å². The molecule has 3 aromatic carbocycles. The van der Waals surface area contributed by atoms with Gasteiger partial charge >= 0.3 is 0 Å². The number of halogens is 1. The molecule has 0 spiro atoms. The molecule has 0 unspecified atom stereocenters. The Bertz CT molecular complexity index is 1380. The predicted molar refractivity (Wildman–Crippen MR) is 127 cm³/mol. The van der Waals surface area contributed by atoms with Gasteiger partial charge in [0.2, 0.25) is 5.91 Å². The molecule has 166 valence electrons. The van der Waals surface area contributed by atoms with Crippen LogP contribution in [-0.2, 0) is 19.6 Å². The number of hydrogen-bond donors (Lipinski definition) is 1. The fourth-order valence-electron chi connectivity index (χ4n) is 3.23. The summed E-state index contributed by atoms with van der Waals surface area (Å²) in [6.07, 6.45) is 1.51. The van der Waals surface area contributed by atoms with Crippen molar-refractivity contribution in [1.82, 2.24) is 4.31 Å². The lowest BCUT2D eigenvalue weighted by Crippen LogP contribution is -2.38. The third-order valence-electron chi connectivity index (χ3n) is 4.74. The Morgan fingerprint density at radius 1 is 0.970 bits per heavy atom. The smallest absolute Gasteiger partial charge is 0.292 e. The molecule has 3 aromatic rings. The quantitative estimate of drug-likeness (QED) is 0.551. The third-order valence-corrected chi connectivity index (χ3v) is 6.68. The molecule has 1 aliphatic rings. The van der Waals surface area contributed by atoms with Gasteiger partial charge in [0.15, 0.2) is 5.84 Å². The van der Waals surface area contributed by atoms with Gasteiger partial charge in [-0.2, -0.15) is 4.31 Å². The summed E-state index contributed by atoms with van der Waals surface area (Å²) in [5.74, 6) is -1.04. The van der Waals surface area contributed by atoms with E-state index in [0.717, 1.165) is 0 Å².